The molecule has 4 nitrogen and oxygen atoms in total. The molecule has 2 aromatic heterocycles. The van der Waals surface area contributed by atoms with Gasteiger partial charge >= 0.3 is 0 Å². The summed E-state index contributed by atoms with van der Waals surface area (Å²) in [5, 5.41) is 11.7. The molecule has 1 aromatic carbocycles. The molecule has 0 aliphatic rings. The summed E-state index contributed by atoms with van der Waals surface area (Å²) in [4.78, 5) is 4.56. The van der Waals surface area contributed by atoms with E-state index in [1.165, 1.54) is 0 Å². The summed E-state index contributed by atoms with van der Waals surface area (Å²) in [5.74, 6) is 3.34. The zero-order valence-electron chi connectivity index (χ0n) is 12.3. The molecule has 0 unspecified atom stereocenters. The van der Waals surface area contributed by atoms with E-state index >= 15 is 0 Å². The van der Waals surface area contributed by atoms with Crippen LogP contribution in [0, 0.1) is 11.3 Å². The number of furan rings is 1. The van der Waals surface area contributed by atoms with Crippen molar-refractivity contribution in [3.8, 4) is 22.6 Å². The minimum atomic E-state index is 0.631. The number of nitrogens with zero attached hydrogens (tertiary/aromatic N) is 2. The molecule has 116 valence electrons. The first-order valence-corrected chi connectivity index (χ1v) is 9.07. The van der Waals surface area contributed by atoms with Gasteiger partial charge in [-0.15, -0.1) is 11.3 Å². The van der Waals surface area contributed by atoms with Gasteiger partial charge in [0.1, 0.15) is 5.75 Å². The van der Waals surface area contributed by atoms with E-state index in [4.69, 9.17) is 14.4 Å². The van der Waals surface area contributed by atoms with Crippen molar-refractivity contribution < 1.29 is 9.15 Å². The van der Waals surface area contributed by atoms with Crippen LogP contribution in [0.1, 0.15) is 11.3 Å². The van der Waals surface area contributed by atoms with Crippen LogP contribution in [0.25, 0.3) is 10.8 Å². The number of hydrogen-bond acceptors (Lipinski definition) is 6. The van der Waals surface area contributed by atoms with Crippen molar-refractivity contribution in [3.05, 3.63) is 59.3 Å². The number of thioether (sulfide) groups is 1. The smallest absolute Gasteiger partial charge is 0.162 e. The molecule has 0 N–H and O–H groups in total. The Hall–Kier alpha value is -2.23. The number of rotatable bonds is 7. The van der Waals surface area contributed by atoms with Gasteiger partial charge in [-0.05, 0) is 36.4 Å². The molecule has 0 spiro atoms. The summed E-state index contributed by atoms with van der Waals surface area (Å²) >= 11 is 3.38. The maximum Gasteiger partial charge on any atom is 0.162 e. The van der Waals surface area contributed by atoms with Gasteiger partial charge in [0, 0.05) is 16.9 Å². The monoisotopic (exact) mass is 342 g/mol. The Morgan fingerprint density at radius 2 is 2.13 bits per heavy atom. The van der Waals surface area contributed by atoms with E-state index in [0.29, 0.717) is 12.2 Å². The molecule has 0 amide bonds. The molecule has 0 saturated heterocycles. The van der Waals surface area contributed by atoms with Gasteiger partial charge in [-0.1, -0.05) is 0 Å². The van der Waals surface area contributed by atoms with E-state index in [1.54, 1.807) is 41.5 Å². The molecular formula is C17H14N2O2S2. The molecule has 3 aromatic rings. The summed E-state index contributed by atoms with van der Waals surface area (Å²) in [7, 11) is 0. The lowest BCUT2D eigenvalue weighted by molar-refractivity contribution is 0.344. The highest BCUT2D eigenvalue weighted by Crippen LogP contribution is 2.25. The van der Waals surface area contributed by atoms with E-state index in [-0.39, 0.29) is 0 Å². The van der Waals surface area contributed by atoms with Crippen LogP contribution < -0.4 is 4.74 Å². The van der Waals surface area contributed by atoms with E-state index in [9.17, 15) is 0 Å². The highest BCUT2D eigenvalue weighted by molar-refractivity contribution is 7.98. The van der Waals surface area contributed by atoms with Crippen molar-refractivity contribution >= 4 is 23.1 Å². The van der Waals surface area contributed by atoms with Crippen molar-refractivity contribution in [1.29, 1.82) is 5.26 Å². The highest BCUT2D eigenvalue weighted by Gasteiger charge is 2.06. The van der Waals surface area contributed by atoms with Crippen molar-refractivity contribution in [2.45, 2.75) is 5.75 Å². The Morgan fingerprint density at radius 3 is 2.87 bits per heavy atom. The Labute approximate surface area is 142 Å². The third-order valence-corrected chi connectivity index (χ3v) is 4.87. The van der Waals surface area contributed by atoms with Gasteiger partial charge in [-0.2, -0.15) is 17.0 Å². The van der Waals surface area contributed by atoms with Gasteiger partial charge in [0.25, 0.3) is 0 Å². The molecule has 0 atom stereocenters. The van der Waals surface area contributed by atoms with Crippen molar-refractivity contribution in [3.63, 3.8) is 0 Å². The summed E-state index contributed by atoms with van der Waals surface area (Å²) in [5.41, 5.74) is 1.70. The Balaban J connectivity index is 1.39. The van der Waals surface area contributed by atoms with Crippen molar-refractivity contribution in [1.82, 2.24) is 4.98 Å². The highest BCUT2D eigenvalue weighted by atomic mass is 32.2. The fourth-order valence-electron chi connectivity index (χ4n) is 1.91. The Morgan fingerprint density at radius 1 is 1.26 bits per heavy atom. The maximum absolute atomic E-state index is 8.74. The third-order valence-electron chi connectivity index (χ3n) is 3.01. The molecule has 0 bridgehead atoms. The second-order valence-corrected chi connectivity index (χ2v) is 6.62. The fourth-order valence-corrected chi connectivity index (χ4v) is 3.50. The van der Waals surface area contributed by atoms with Crippen LogP contribution in [0.3, 0.4) is 0 Å². The summed E-state index contributed by atoms with van der Waals surface area (Å²) in [6.07, 6.45) is 1.66. The Bertz CT molecular complexity index is 774. The van der Waals surface area contributed by atoms with Crippen LogP contribution in [0.5, 0.6) is 5.75 Å². The number of hydrogen-bond donors (Lipinski definition) is 0. The van der Waals surface area contributed by atoms with Gasteiger partial charge in [-0.25, -0.2) is 4.98 Å². The molecule has 0 radical (unpaired) electrons. The number of thiazole rings is 1. The quantitative estimate of drug-likeness (QED) is 0.588. The van der Waals surface area contributed by atoms with Gasteiger partial charge in [0.2, 0.25) is 0 Å². The van der Waals surface area contributed by atoms with E-state index in [2.05, 4.69) is 16.4 Å². The predicted octanol–water partition coefficient (Wildman–Crippen LogP) is 4.59. The van der Waals surface area contributed by atoms with E-state index < -0.39 is 0 Å². The molecule has 2 heterocycles. The molecule has 0 aliphatic carbocycles. The first kappa shape index (κ1) is 15.7. The third kappa shape index (κ3) is 4.38. The number of aromatic nitrogens is 1. The van der Waals surface area contributed by atoms with Crippen LogP contribution in [-0.2, 0) is 5.75 Å². The van der Waals surface area contributed by atoms with Crippen molar-refractivity contribution in [2.75, 3.05) is 12.4 Å². The van der Waals surface area contributed by atoms with Gasteiger partial charge in [-0.3, -0.25) is 0 Å². The Kier molecular flexibility index (Phi) is 5.35. The SMILES string of the molecule is N#Cc1ccc(OCCSCc2csc(-c3ccco3)n2)cc1. The standard InChI is InChI=1S/C17H14N2O2S2/c18-10-13-3-5-15(6-4-13)20-8-9-22-11-14-12-23-17(19-14)16-2-1-7-21-16/h1-7,12H,8-9,11H2. The van der Waals surface area contributed by atoms with Crippen LogP contribution in [0.15, 0.2) is 52.5 Å². The molecule has 23 heavy (non-hydrogen) atoms. The summed E-state index contributed by atoms with van der Waals surface area (Å²) in [6.45, 7) is 0.631. The number of ether oxygens (including phenoxy) is 1. The van der Waals surface area contributed by atoms with Crippen LogP contribution >= 0.6 is 23.1 Å². The van der Waals surface area contributed by atoms with Crippen LogP contribution in [0.2, 0.25) is 0 Å². The zero-order valence-corrected chi connectivity index (χ0v) is 13.9. The number of nitriles is 1. The zero-order chi connectivity index (χ0) is 15.9. The second-order valence-electron chi connectivity index (χ2n) is 4.66. The minimum Gasteiger partial charge on any atom is -0.493 e. The van der Waals surface area contributed by atoms with Gasteiger partial charge < -0.3 is 9.15 Å². The molecule has 0 saturated carbocycles. The molecular weight excluding hydrogens is 328 g/mol. The average molecular weight is 342 g/mol. The second kappa shape index (κ2) is 7.86. The molecule has 3 rings (SSSR count). The largest absolute Gasteiger partial charge is 0.493 e. The lowest BCUT2D eigenvalue weighted by atomic mass is 10.2. The normalized spacial score (nSPS) is 10.4. The first-order chi connectivity index (χ1) is 11.3. The summed E-state index contributed by atoms with van der Waals surface area (Å²) < 4.78 is 11.0. The van der Waals surface area contributed by atoms with Gasteiger partial charge in [0.15, 0.2) is 10.8 Å². The molecule has 0 fully saturated rings. The summed E-state index contributed by atoms with van der Waals surface area (Å²) in [6, 6.07) is 13.0. The van der Waals surface area contributed by atoms with Gasteiger partial charge in [0.05, 0.1) is 30.2 Å². The van der Waals surface area contributed by atoms with Crippen LogP contribution in [0.4, 0.5) is 0 Å². The van der Waals surface area contributed by atoms with E-state index in [0.717, 1.165) is 33.7 Å². The maximum atomic E-state index is 8.74. The predicted molar refractivity (Wildman–Crippen MR) is 92.6 cm³/mol. The lowest BCUT2D eigenvalue weighted by Gasteiger charge is -2.05. The topological polar surface area (TPSA) is 59.0 Å². The van der Waals surface area contributed by atoms with Crippen molar-refractivity contribution in [2.24, 2.45) is 0 Å². The first-order valence-electron chi connectivity index (χ1n) is 7.04. The minimum absolute atomic E-state index is 0.631. The lowest BCUT2D eigenvalue weighted by Crippen LogP contribution is -2.00. The molecule has 6 heteroatoms. The van der Waals surface area contributed by atoms with Crippen LogP contribution in [-0.4, -0.2) is 17.3 Å². The number of benzene rings is 1. The van der Waals surface area contributed by atoms with E-state index in [1.807, 2.05) is 24.3 Å². The fraction of sp³-hybridized carbons (Fsp3) is 0.176. The average Bonchev–Trinajstić information content (AvgIpc) is 3.26. The molecule has 0 aliphatic heterocycles.